The van der Waals surface area contributed by atoms with Gasteiger partial charge in [0.05, 0.1) is 6.26 Å². The standard InChI is InChI=1S/C9H13NO/c10-6-8(7-3-4-7)9-2-1-5-11-9/h1-2,5,7-8H,3-4,6,10H2. The summed E-state index contributed by atoms with van der Waals surface area (Å²) in [7, 11) is 0. The lowest BCUT2D eigenvalue weighted by molar-refractivity contribution is 0.440. The SMILES string of the molecule is NCC(c1ccco1)C1CC1. The van der Waals surface area contributed by atoms with Gasteiger partial charge in [-0.2, -0.15) is 0 Å². The fourth-order valence-electron chi connectivity index (χ4n) is 1.54. The summed E-state index contributed by atoms with van der Waals surface area (Å²) in [5, 5.41) is 0. The van der Waals surface area contributed by atoms with Crippen molar-refractivity contribution in [2.75, 3.05) is 6.54 Å². The molecule has 2 nitrogen and oxygen atoms in total. The molecule has 0 radical (unpaired) electrons. The molecule has 1 heterocycles. The van der Waals surface area contributed by atoms with E-state index in [1.54, 1.807) is 6.26 Å². The molecule has 0 aromatic carbocycles. The van der Waals surface area contributed by atoms with Crippen molar-refractivity contribution in [1.82, 2.24) is 0 Å². The molecule has 11 heavy (non-hydrogen) atoms. The monoisotopic (exact) mass is 151 g/mol. The molecule has 1 fully saturated rings. The van der Waals surface area contributed by atoms with Crippen molar-refractivity contribution in [3.8, 4) is 0 Å². The molecule has 1 aromatic rings. The third-order valence-electron chi connectivity index (χ3n) is 2.35. The molecule has 0 bridgehead atoms. The third kappa shape index (κ3) is 1.31. The fourth-order valence-corrected chi connectivity index (χ4v) is 1.54. The second kappa shape index (κ2) is 2.70. The summed E-state index contributed by atoms with van der Waals surface area (Å²) in [5.74, 6) is 2.34. The van der Waals surface area contributed by atoms with E-state index in [0.29, 0.717) is 5.92 Å². The van der Waals surface area contributed by atoms with Crippen molar-refractivity contribution < 1.29 is 4.42 Å². The lowest BCUT2D eigenvalue weighted by Crippen LogP contribution is -2.13. The van der Waals surface area contributed by atoms with Crippen LogP contribution in [0, 0.1) is 5.92 Å². The van der Waals surface area contributed by atoms with Crippen LogP contribution in [-0.2, 0) is 0 Å². The zero-order valence-electron chi connectivity index (χ0n) is 6.49. The molecule has 2 rings (SSSR count). The van der Waals surface area contributed by atoms with Crippen LogP contribution in [0.3, 0.4) is 0 Å². The quantitative estimate of drug-likeness (QED) is 0.714. The van der Waals surface area contributed by atoms with Gasteiger partial charge in [0, 0.05) is 12.5 Å². The van der Waals surface area contributed by atoms with E-state index in [4.69, 9.17) is 10.2 Å². The van der Waals surface area contributed by atoms with Crippen molar-refractivity contribution in [1.29, 1.82) is 0 Å². The molecule has 0 saturated heterocycles. The summed E-state index contributed by atoms with van der Waals surface area (Å²) < 4.78 is 5.31. The molecule has 0 amide bonds. The minimum atomic E-state index is 0.477. The molecule has 1 aromatic heterocycles. The highest BCUT2D eigenvalue weighted by molar-refractivity contribution is 5.10. The highest BCUT2D eigenvalue weighted by Crippen LogP contribution is 2.41. The van der Waals surface area contributed by atoms with E-state index in [-0.39, 0.29) is 0 Å². The Morgan fingerprint density at radius 3 is 2.91 bits per heavy atom. The van der Waals surface area contributed by atoms with Crippen LogP contribution < -0.4 is 5.73 Å². The molecule has 2 heteroatoms. The van der Waals surface area contributed by atoms with Crippen LogP contribution in [0.2, 0.25) is 0 Å². The molecule has 0 aliphatic heterocycles. The average molecular weight is 151 g/mol. The maximum Gasteiger partial charge on any atom is 0.108 e. The molecular formula is C9H13NO. The van der Waals surface area contributed by atoms with Crippen LogP contribution >= 0.6 is 0 Å². The zero-order valence-corrected chi connectivity index (χ0v) is 6.49. The lowest BCUT2D eigenvalue weighted by Gasteiger charge is -2.08. The van der Waals surface area contributed by atoms with Gasteiger partial charge in [-0.25, -0.2) is 0 Å². The van der Waals surface area contributed by atoms with Gasteiger partial charge in [-0.15, -0.1) is 0 Å². The number of nitrogens with two attached hydrogens (primary N) is 1. The summed E-state index contributed by atoms with van der Waals surface area (Å²) >= 11 is 0. The maximum absolute atomic E-state index is 5.64. The number of hydrogen-bond acceptors (Lipinski definition) is 2. The number of rotatable bonds is 3. The topological polar surface area (TPSA) is 39.2 Å². The Balaban J connectivity index is 2.11. The normalized spacial score (nSPS) is 20.1. The van der Waals surface area contributed by atoms with Gasteiger partial charge in [0.25, 0.3) is 0 Å². The van der Waals surface area contributed by atoms with Crippen LogP contribution in [0.1, 0.15) is 24.5 Å². The second-order valence-corrected chi connectivity index (χ2v) is 3.20. The van der Waals surface area contributed by atoms with Crippen LogP contribution in [0.5, 0.6) is 0 Å². The summed E-state index contributed by atoms with van der Waals surface area (Å²) in [5.41, 5.74) is 5.64. The second-order valence-electron chi connectivity index (χ2n) is 3.20. The highest BCUT2D eigenvalue weighted by atomic mass is 16.3. The Labute approximate surface area is 66.4 Å². The molecule has 1 aliphatic carbocycles. The van der Waals surface area contributed by atoms with Crippen LogP contribution in [-0.4, -0.2) is 6.54 Å². The maximum atomic E-state index is 5.64. The predicted octanol–water partition coefficient (Wildman–Crippen LogP) is 1.73. The van der Waals surface area contributed by atoms with Gasteiger partial charge in [0.1, 0.15) is 5.76 Å². The summed E-state index contributed by atoms with van der Waals surface area (Å²) in [6.07, 6.45) is 4.37. The predicted molar refractivity (Wildman–Crippen MR) is 43.2 cm³/mol. The van der Waals surface area contributed by atoms with Crippen LogP contribution in [0.15, 0.2) is 22.8 Å². The molecule has 1 aliphatic rings. The smallest absolute Gasteiger partial charge is 0.108 e. The zero-order chi connectivity index (χ0) is 7.68. The summed E-state index contributed by atoms with van der Waals surface area (Å²) in [6.45, 7) is 0.720. The van der Waals surface area contributed by atoms with Crippen LogP contribution in [0.25, 0.3) is 0 Å². The Morgan fingerprint density at radius 2 is 2.45 bits per heavy atom. The van der Waals surface area contributed by atoms with E-state index in [1.807, 2.05) is 12.1 Å². The highest BCUT2D eigenvalue weighted by Gasteiger charge is 2.32. The number of hydrogen-bond donors (Lipinski definition) is 1. The molecule has 1 saturated carbocycles. The van der Waals surface area contributed by atoms with Crippen LogP contribution in [0.4, 0.5) is 0 Å². The number of furan rings is 1. The average Bonchev–Trinajstić information content (AvgIpc) is 2.68. The van der Waals surface area contributed by atoms with Crippen molar-refractivity contribution in [3.63, 3.8) is 0 Å². The Morgan fingerprint density at radius 1 is 1.64 bits per heavy atom. The van der Waals surface area contributed by atoms with E-state index in [0.717, 1.165) is 18.2 Å². The molecule has 1 unspecified atom stereocenters. The van der Waals surface area contributed by atoms with Gasteiger partial charge in [-0.05, 0) is 30.9 Å². The van der Waals surface area contributed by atoms with Gasteiger partial charge in [-0.3, -0.25) is 0 Å². The van der Waals surface area contributed by atoms with Crippen molar-refractivity contribution in [3.05, 3.63) is 24.2 Å². The van der Waals surface area contributed by atoms with Gasteiger partial charge in [0.2, 0.25) is 0 Å². The lowest BCUT2D eigenvalue weighted by atomic mass is 10.0. The first-order valence-electron chi connectivity index (χ1n) is 4.15. The molecular weight excluding hydrogens is 138 g/mol. The van der Waals surface area contributed by atoms with E-state index in [2.05, 4.69) is 0 Å². The van der Waals surface area contributed by atoms with Crippen molar-refractivity contribution in [2.24, 2.45) is 11.7 Å². The van der Waals surface area contributed by atoms with E-state index >= 15 is 0 Å². The van der Waals surface area contributed by atoms with Gasteiger partial charge in [0.15, 0.2) is 0 Å². The molecule has 60 valence electrons. The molecule has 2 N–H and O–H groups in total. The first kappa shape index (κ1) is 6.92. The molecule has 1 atom stereocenters. The van der Waals surface area contributed by atoms with Crippen molar-refractivity contribution in [2.45, 2.75) is 18.8 Å². The van der Waals surface area contributed by atoms with E-state index in [1.165, 1.54) is 12.8 Å². The van der Waals surface area contributed by atoms with Gasteiger partial charge in [-0.1, -0.05) is 0 Å². The largest absolute Gasteiger partial charge is 0.469 e. The van der Waals surface area contributed by atoms with E-state index in [9.17, 15) is 0 Å². The minimum absolute atomic E-state index is 0.477. The summed E-state index contributed by atoms with van der Waals surface area (Å²) in [6, 6.07) is 3.95. The third-order valence-corrected chi connectivity index (χ3v) is 2.35. The molecule has 0 spiro atoms. The first-order chi connectivity index (χ1) is 5.42. The Bertz CT molecular complexity index is 213. The first-order valence-corrected chi connectivity index (χ1v) is 4.15. The Hall–Kier alpha value is -0.760. The van der Waals surface area contributed by atoms with Gasteiger partial charge >= 0.3 is 0 Å². The minimum Gasteiger partial charge on any atom is -0.469 e. The summed E-state index contributed by atoms with van der Waals surface area (Å²) in [4.78, 5) is 0. The fraction of sp³-hybridized carbons (Fsp3) is 0.556. The van der Waals surface area contributed by atoms with Gasteiger partial charge < -0.3 is 10.2 Å². The Kier molecular flexibility index (Phi) is 1.70. The van der Waals surface area contributed by atoms with E-state index < -0.39 is 0 Å². The van der Waals surface area contributed by atoms with Crippen molar-refractivity contribution >= 4 is 0 Å².